The zero-order chi connectivity index (χ0) is 47.7. The van der Waals surface area contributed by atoms with Crippen LogP contribution in [0.25, 0.3) is 0 Å². The van der Waals surface area contributed by atoms with Gasteiger partial charge in [-0.1, -0.05) is 78.3 Å². The summed E-state index contributed by atoms with van der Waals surface area (Å²) in [5, 5.41) is 23.2. The average Bonchev–Trinajstić information content (AvgIpc) is 3.95. The molecule has 7 amide bonds. The lowest BCUT2D eigenvalue weighted by Gasteiger charge is -2.32. The van der Waals surface area contributed by atoms with Crippen molar-refractivity contribution in [1.29, 1.82) is 0 Å². The first kappa shape index (κ1) is 52.6. The molecule has 0 saturated carbocycles. The molecule has 1 aromatic rings. The van der Waals surface area contributed by atoms with E-state index in [0.29, 0.717) is 45.1 Å². The number of carbonyl (C=O) groups is 8. The third-order valence-corrected chi connectivity index (χ3v) is 11.7. The molecule has 12 N–H and O–H groups in total. The van der Waals surface area contributed by atoms with Crippen molar-refractivity contribution < 1.29 is 43.5 Å². The molecule has 2 aliphatic heterocycles. The second-order valence-corrected chi connectivity index (χ2v) is 17.6. The van der Waals surface area contributed by atoms with Crippen molar-refractivity contribution in [3.63, 3.8) is 0 Å². The molecule has 0 aliphatic carbocycles. The van der Waals surface area contributed by atoms with Gasteiger partial charge in [0.2, 0.25) is 41.4 Å². The van der Waals surface area contributed by atoms with E-state index in [1.807, 2.05) is 39.0 Å². The molecule has 2 fully saturated rings. The van der Waals surface area contributed by atoms with Crippen molar-refractivity contribution in [2.45, 2.75) is 142 Å². The number of hydrogen-bond acceptors (Lipinski definition) is 10. The van der Waals surface area contributed by atoms with E-state index in [4.69, 9.17) is 17.2 Å². The van der Waals surface area contributed by atoms with Crippen LogP contribution < -0.4 is 43.8 Å². The summed E-state index contributed by atoms with van der Waals surface area (Å²) >= 11 is 0. The molecule has 2 heterocycles. The first-order chi connectivity index (χ1) is 30.2. The standard InChI is InChI=1S/C44H71N11O9/c1-7-27(6)36(41(61)50-30(22-25(2)3)38(58)52-35(26(4)5)43(63)64)53-40(60)33-18-13-21-55(33)42(62)31(23-28-14-9-8-10-15-28)51-39(59)32-17-12-20-54(32)34(56)24-49-37(57)29(45)16-11-19-48-44(46)47/h8-10,14-15,25-27,29-33,35-36H,7,11-13,16-24,45H2,1-6H3,(H,49,57)(H,50,61)(H,51,59)(H,52,58)(H,53,60)(H,63,64)(H4,46,47,48)/t27-,29-,30-,31-,32-,33-,35-,36-/m0/s1. The minimum absolute atomic E-state index is 0.0493. The maximum absolute atomic E-state index is 14.5. The molecule has 3 rings (SSSR count). The molecule has 2 saturated heterocycles. The van der Waals surface area contributed by atoms with E-state index in [2.05, 4.69) is 31.6 Å². The minimum Gasteiger partial charge on any atom is -0.480 e. The van der Waals surface area contributed by atoms with Gasteiger partial charge in [0.05, 0.1) is 12.6 Å². The third-order valence-electron chi connectivity index (χ3n) is 11.7. The summed E-state index contributed by atoms with van der Waals surface area (Å²) in [5.74, 6) is -6.07. The molecule has 2 aliphatic rings. The van der Waals surface area contributed by atoms with Gasteiger partial charge in [-0.3, -0.25) is 38.6 Å². The van der Waals surface area contributed by atoms with E-state index >= 15 is 0 Å². The van der Waals surface area contributed by atoms with Crippen LogP contribution in [0, 0.1) is 17.8 Å². The Morgan fingerprint density at radius 3 is 1.97 bits per heavy atom. The number of carboxylic acid groups (broad SMARTS) is 1. The summed E-state index contributed by atoms with van der Waals surface area (Å²) in [6, 6.07) is 1.78. The quantitative estimate of drug-likeness (QED) is 0.0360. The van der Waals surface area contributed by atoms with Crippen molar-refractivity contribution >= 4 is 53.3 Å². The number of likely N-dealkylation sites (tertiary alicyclic amines) is 2. The molecule has 0 radical (unpaired) electrons. The summed E-state index contributed by atoms with van der Waals surface area (Å²) in [6.45, 7) is 11.1. The fraction of sp³-hybridized carbons (Fsp3) is 0.659. The second kappa shape index (κ2) is 25.5. The number of amides is 7. The lowest BCUT2D eigenvalue weighted by molar-refractivity contribution is -0.144. The lowest BCUT2D eigenvalue weighted by Crippen LogP contribution is -2.60. The number of rotatable bonds is 24. The van der Waals surface area contributed by atoms with Crippen LogP contribution in [0.5, 0.6) is 0 Å². The summed E-state index contributed by atoms with van der Waals surface area (Å²) in [7, 11) is 0. The van der Waals surface area contributed by atoms with Crippen LogP contribution in [0.2, 0.25) is 0 Å². The van der Waals surface area contributed by atoms with Gasteiger partial charge in [-0.2, -0.15) is 0 Å². The molecular formula is C44H71N11O9. The van der Waals surface area contributed by atoms with Gasteiger partial charge in [0.25, 0.3) is 0 Å². The molecule has 64 heavy (non-hydrogen) atoms. The molecule has 8 atom stereocenters. The van der Waals surface area contributed by atoms with Crippen LogP contribution in [0.3, 0.4) is 0 Å². The number of nitrogens with two attached hydrogens (primary N) is 3. The predicted molar refractivity (Wildman–Crippen MR) is 240 cm³/mol. The molecule has 0 bridgehead atoms. The number of carboxylic acids is 1. The molecule has 1 aromatic carbocycles. The number of aliphatic imine (C=N–C) groups is 1. The van der Waals surface area contributed by atoms with E-state index in [1.165, 1.54) is 9.80 Å². The SMILES string of the molecule is CC[C@H](C)[C@H](NC(=O)[C@@H]1CCCN1C(=O)[C@H](Cc1ccccc1)NC(=O)[C@@H]1CCCN1C(=O)CNC(=O)[C@@H](N)CCCN=C(N)N)C(=O)N[C@@H](CC(C)C)C(=O)N[C@H](C(=O)O)C(C)C. The van der Waals surface area contributed by atoms with Crippen LogP contribution in [-0.4, -0.2) is 137 Å². The van der Waals surface area contributed by atoms with Crippen LogP contribution in [-0.2, 0) is 44.8 Å². The monoisotopic (exact) mass is 898 g/mol. The van der Waals surface area contributed by atoms with Gasteiger partial charge >= 0.3 is 5.97 Å². The highest BCUT2D eigenvalue weighted by Crippen LogP contribution is 2.23. The van der Waals surface area contributed by atoms with Crippen LogP contribution >= 0.6 is 0 Å². The van der Waals surface area contributed by atoms with Gasteiger partial charge in [-0.05, 0) is 68.3 Å². The van der Waals surface area contributed by atoms with Gasteiger partial charge in [-0.15, -0.1) is 0 Å². The smallest absolute Gasteiger partial charge is 0.326 e. The van der Waals surface area contributed by atoms with Gasteiger partial charge in [0.1, 0.15) is 36.3 Å². The Morgan fingerprint density at radius 2 is 1.39 bits per heavy atom. The van der Waals surface area contributed by atoms with Crippen molar-refractivity contribution in [1.82, 2.24) is 36.4 Å². The molecular weight excluding hydrogens is 827 g/mol. The first-order valence-corrected chi connectivity index (χ1v) is 22.4. The normalized spacial score (nSPS) is 18.8. The van der Waals surface area contributed by atoms with Crippen LogP contribution in [0.15, 0.2) is 35.3 Å². The van der Waals surface area contributed by atoms with E-state index < -0.39 is 101 Å². The Morgan fingerprint density at radius 1 is 0.781 bits per heavy atom. The van der Waals surface area contributed by atoms with Gasteiger partial charge in [-0.25, -0.2) is 4.79 Å². The average molecular weight is 898 g/mol. The van der Waals surface area contributed by atoms with Crippen molar-refractivity contribution in [3.05, 3.63) is 35.9 Å². The first-order valence-electron chi connectivity index (χ1n) is 22.4. The Hall–Kier alpha value is -5.79. The summed E-state index contributed by atoms with van der Waals surface area (Å²) < 4.78 is 0. The maximum Gasteiger partial charge on any atom is 0.326 e. The highest BCUT2D eigenvalue weighted by atomic mass is 16.4. The van der Waals surface area contributed by atoms with Crippen LogP contribution in [0.4, 0.5) is 0 Å². The largest absolute Gasteiger partial charge is 0.480 e. The van der Waals surface area contributed by atoms with E-state index in [-0.39, 0.29) is 50.8 Å². The molecule has 356 valence electrons. The number of benzene rings is 1. The molecule has 20 heteroatoms. The fourth-order valence-corrected chi connectivity index (χ4v) is 7.89. The third kappa shape index (κ3) is 15.8. The molecule has 20 nitrogen and oxygen atoms in total. The minimum atomic E-state index is -1.20. The number of guanidine groups is 1. The van der Waals surface area contributed by atoms with E-state index in [0.717, 1.165) is 5.56 Å². The Bertz CT molecular complexity index is 1810. The van der Waals surface area contributed by atoms with Gasteiger partial charge in [0.15, 0.2) is 5.96 Å². The topological polar surface area (TPSA) is 314 Å². The van der Waals surface area contributed by atoms with E-state index in [1.54, 1.807) is 32.9 Å². The number of hydrogen-bond donors (Lipinski definition) is 9. The van der Waals surface area contributed by atoms with Crippen molar-refractivity contribution in [2.24, 2.45) is 39.9 Å². The number of aliphatic carboxylic acids is 1. The predicted octanol–water partition coefficient (Wildman–Crippen LogP) is -0.520. The number of nitrogens with one attached hydrogen (secondary N) is 5. The van der Waals surface area contributed by atoms with Gasteiger partial charge in [0, 0.05) is 26.1 Å². The van der Waals surface area contributed by atoms with E-state index in [9.17, 15) is 43.5 Å². The Balaban J connectivity index is 1.76. The van der Waals surface area contributed by atoms with Crippen molar-refractivity contribution in [2.75, 3.05) is 26.2 Å². The molecule has 0 unspecified atom stereocenters. The Labute approximate surface area is 376 Å². The van der Waals surface area contributed by atoms with Crippen molar-refractivity contribution in [3.8, 4) is 0 Å². The molecule has 0 spiro atoms. The Kier molecular flexibility index (Phi) is 20.9. The molecule has 0 aromatic heterocycles. The second-order valence-electron chi connectivity index (χ2n) is 17.6. The zero-order valence-corrected chi connectivity index (χ0v) is 38.1. The van der Waals surface area contributed by atoms with Gasteiger partial charge < -0.3 is 58.7 Å². The summed E-state index contributed by atoms with van der Waals surface area (Å²) in [5.41, 5.74) is 17.4. The highest BCUT2D eigenvalue weighted by Gasteiger charge is 2.42. The highest BCUT2D eigenvalue weighted by molar-refractivity contribution is 5.97. The van der Waals surface area contributed by atoms with Crippen LogP contribution in [0.1, 0.15) is 98.5 Å². The lowest BCUT2D eigenvalue weighted by atomic mass is 9.96. The number of nitrogens with zero attached hydrogens (tertiary/aromatic N) is 3. The number of carbonyl (C=O) groups excluding carboxylic acids is 7. The zero-order valence-electron chi connectivity index (χ0n) is 38.1. The summed E-state index contributed by atoms with van der Waals surface area (Å²) in [6.07, 6.45) is 3.13. The summed E-state index contributed by atoms with van der Waals surface area (Å²) in [4.78, 5) is 114. The fourth-order valence-electron chi connectivity index (χ4n) is 7.89. The maximum atomic E-state index is 14.5.